The lowest BCUT2D eigenvalue weighted by atomic mass is 10.2. The monoisotopic (exact) mass is 307 g/mol. The number of rotatable bonds is 4. The van der Waals surface area contributed by atoms with E-state index < -0.39 is 5.97 Å². The van der Waals surface area contributed by atoms with Gasteiger partial charge in [0.2, 0.25) is 0 Å². The fourth-order valence-corrected chi connectivity index (χ4v) is 3.39. The smallest absolute Gasteiger partial charge is 0.339 e. The topological polar surface area (TPSA) is 81.2 Å². The number of aromatic nitrogens is 3. The minimum atomic E-state index is -0.955. The van der Waals surface area contributed by atoms with Gasteiger partial charge in [-0.15, -0.1) is 10.2 Å². The van der Waals surface area contributed by atoms with Crippen LogP contribution < -0.4 is 0 Å². The van der Waals surface area contributed by atoms with E-state index in [1.165, 1.54) is 12.8 Å². The summed E-state index contributed by atoms with van der Waals surface area (Å²) < 4.78 is 7.66. The normalized spacial score (nSPS) is 14.7. The predicted octanol–water partition coefficient (Wildman–Crippen LogP) is 2.90. The highest BCUT2D eigenvalue weighted by atomic mass is 32.2. The van der Waals surface area contributed by atoms with E-state index in [4.69, 9.17) is 9.52 Å². The largest absolute Gasteiger partial charge is 0.478 e. The molecule has 0 radical (unpaired) electrons. The molecule has 1 N–H and O–H groups in total. The Morgan fingerprint density at radius 2 is 2.29 bits per heavy atom. The second-order valence-electron chi connectivity index (χ2n) is 5.14. The van der Waals surface area contributed by atoms with Gasteiger partial charge in [0.25, 0.3) is 0 Å². The Morgan fingerprint density at radius 1 is 1.43 bits per heavy atom. The molecule has 0 saturated heterocycles. The second-order valence-corrected chi connectivity index (χ2v) is 6.08. The molecule has 1 aliphatic rings. The van der Waals surface area contributed by atoms with Crippen LogP contribution in [0.25, 0.3) is 0 Å². The van der Waals surface area contributed by atoms with E-state index in [1.807, 2.05) is 0 Å². The third-order valence-corrected chi connectivity index (χ3v) is 4.61. The van der Waals surface area contributed by atoms with Crippen molar-refractivity contribution in [3.8, 4) is 0 Å². The number of hydrogen-bond acceptors (Lipinski definition) is 5. The van der Waals surface area contributed by atoms with Crippen LogP contribution in [0.4, 0.5) is 0 Å². The summed E-state index contributed by atoms with van der Waals surface area (Å²) in [5.41, 5.74) is 0.227. The Kier molecular flexibility index (Phi) is 4.01. The van der Waals surface area contributed by atoms with Crippen LogP contribution in [-0.4, -0.2) is 25.8 Å². The maximum absolute atomic E-state index is 11.0. The molecule has 2 aromatic rings. The van der Waals surface area contributed by atoms with E-state index in [0.29, 0.717) is 17.3 Å². The van der Waals surface area contributed by atoms with Crippen molar-refractivity contribution in [3.05, 3.63) is 29.0 Å². The number of carboxylic acid groups (broad SMARTS) is 1. The zero-order chi connectivity index (χ0) is 14.8. The Labute approximate surface area is 126 Å². The molecule has 2 aromatic heterocycles. The molecule has 0 bridgehead atoms. The highest BCUT2D eigenvalue weighted by Gasteiger charge is 2.17. The van der Waals surface area contributed by atoms with Gasteiger partial charge in [-0.1, -0.05) is 18.2 Å². The lowest BCUT2D eigenvalue weighted by molar-refractivity contribution is 0.0695. The molecule has 0 aromatic carbocycles. The van der Waals surface area contributed by atoms with Gasteiger partial charge in [-0.3, -0.25) is 0 Å². The van der Waals surface area contributed by atoms with Gasteiger partial charge in [0, 0.05) is 13.0 Å². The fraction of sp³-hybridized carbons (Fsp3) is 0.500. The number of aryl methyl sites for hydroxylation is 2. The molecule has 0 aliphatic carbocycles. The van der Waals surface area contributed by atoms with Crippen LogP contribution >= 0.6 is 11.8 Å². The van der Waals surface area contributed by atoms with Crippen LogP contribution in [-0.2, 0) is 18.7 Å². The number of thioether (sulfide) groups is 1. The maximum atomic E-state index is 11.0. The van der Waals surface area contributed by atoms with E-state index in [9.17, 15) is 4.79 Å². The molecular weight excluding hydrogens is 290 g/mol. The van der Waals surface area contributed by atoms with Gasteiger partial charge in [-0.05, 0) is 25.8 Å². The Balaban J connectivity index is 1.72. The molecule has 112 valence electrons. The van der Waals surface area contributed by atoms with Crippen molar-refractivity contribution >= 4 is 17.7 Å². The fourth-order valence-electron chi connectivity index (χ4n) is 2.53. The number of fused-ring (bicyclic) bond motifs is 1. The molecule has 3 rings (SSSR count). The summed E-state index contributed by atoms with van der Waals surface area (Å²) in [4.78, 5) is 11.0. The number of hydrogen-bond donors (Lipinski definition) is 1. The van der Waals surface area contributed by atoms with Crippen LogP contribution in [0, 0.1) is 6.92 Å². The quantitative estimate of drug-likeness (QED) is 0.875. The number of aromatic carboxylic acids is 1. The zero-order valence-electron chi connectivity index (χ0n) is 11.8. The molecule has 0 saturated carbocycles. The lowest BCUT2D eigenvalue weighted by Crippen LogP contribution is -2.02. The minimum Gasteiger partial charge on any atom is -0.478 e. The molecule has 0 amide bonds. The Bertz CT molecular complexity index is 662. The number of carboxylic acids is 1. The summed E-state index contributed by atoms with van der Waals surface area (Å²) in [6.45, 7) is 2.63. The van der Waals surface area contributed by atoms with E-state index in [-0.39, 0.29) is 5.56 Å². The summed E-state index contributed by atoms with van der Waals surface area (Å²) in [6.07, 6.45) is 4.53. The van der Waals surface area contributed by atoms with Crippen LogP contribution in [0.1, 0.15) is 47.0 Å². The maximum Gasteiger partial charge on any atom is 0.339 e. The molecule has 1 aliphatic heterocycles. The SMILES string of the molecule is Cc1oc(CSc2nnc3n2CCCCC3)cc1C(=O)O. The molecular formula is C14H17N3O3S. The standard InChI is InChI=1S/C14H17N3O3S/c1-9-11(13(18)19)7-10(20-9)8-21-14-16-15-12-5-3-2-4-6-17(12)14/h7H,2-6,8H2,1H3,(H,18,19). The van der Waals surface area contributed by atoms with Crippen LogP contribution in [0.15, 0.2) is 15.6 Å². The van der Waals surface area contributed by atoms with Crippen molar-refractivity contribution in [2.75, 3.05) is 0 Å². The molecule has 0 unspecified atom stereocenters. The highest BCUT2D eigenvalue weighted by Crippen LogP contribution is 2.26. The van der Waals surface area contributed by atoms with Gasteiger partial charge in [0.1, 0.15) is 22.9 Å². The van der Waals surface area contributed by atoms with Crippen molar-refractivity contribution in [2.45, 2.75) is 50.1 Å². The zero-order valence-corrected chi connectivity index (χ0v) is 12.7. The first-order valence-corrected chi connectivity index (χ1v) is 8.01. The third-order valence-electron chi connectivity index (χ3n) is 3.62. The molecule has 0 fully saturated rings. The summed E-state index contributed by atoms with van der Waals surface area (Å²) in [5, 5.41) is 18.4. The van der Waals surface area contributed by atoms with Crippen LogP contribution in [0.2, 0.25) is 0 Å². The Hall–Kier alpha value is -1.76. The first-order valence-electron chi connectivity index (χ1n) is 7.02. The Morgan fingerprint density at radius 3 is 3.05 bits per heavy atom. The van der Waals surface area contributed by atoms with E-state index >= 15 is 0 Å². The second kappa shape index (κ2) is 5.93. The highest BCUT2D eigenvalue weighted by molar-refractivity contribution is 7.98. The molecule has 3 heterocycles. The van der Waals surface area contributed by atoms with Crippen LogP contribution in [0.3, 0.4) is 0 Å². The summed E-state index contributed by atoms with van der Waals surface area (Å²) in [7, 11) is 0. The van der Waals surface area contributed by atoms with E-state index in [0.717, 1.165) is 30.4 Å². The summed E-state index contributed by atoms with van der Waals surface area (Å²) >= 11 is 1.54. The van der Waals surface area contributed by atoms with Gasteiger partial charge in [0.15, 0.2) is 5.16 Å². The summed E-state index contributed by atoms with van der Waals surface area (Å²) in [6, 6.07) is 1.59. The first-order chi connectivity index (χ1) is 10.1. The van der Waals surface area contributed by atoms with Gasteiger partial charge >= 0.3 is 5.97 Å². The third kappa shape index (κ3) is 2.97. The van der Waals surface area contributed by atoms with Crippen molar-refractivity contribution < 1.29 is 14.3 Å². The molecule has 0 spiro atoms. The van der Waals surface area contributed by atoms with Gasteiger partial charge in [0.05, 0.1) is 5.75 Å². The lowest BCUT2D eigenvalue weighted by Gasteiger charge is -2.05. The van der Waals surface area contributed by atoms with Crippen molar-refractivity contribution in [1.29, 1.82) is 0 Å². The van der Waals surface area contributed by atoms with Crippen molar-refractivity contribution in [1.82, 2.24) is 14.8 Å². The van der Waals surface area contributed by atoms with Crippen molar-refractivity contribution in [3.63, 3.8) is 0 Å². The average molecular weight is 307 g/mol. The summed E-state index contributed by atoms with van der Waals surface area (Å²) in [5.74, 6) is 1.76. The van der Waals surface area contributed by atoms with Gasteiger partial charge in [-0.2, -0.15) is 0 Å². The first kappa shape index (κ1) is 14.2. The predicted molar refractivity (Wildman–Crippen MR) is 77.5 cm³/mol. The van der Waals surface area contributed by atoms with Crippen LogP contribution in [0.5, 0.6) is 0 Å². The number of furan rings is 1. The number of nitrogens with zero attached hydrogens (tertiary/aromatic N) is 3. The van der Waals surface area contributed by atoms with Gasteiger partial charge < -0.3 is 14.1 Å². The van der Waals surface area contributed by atoms with Crippen molar-refractivity contribution in [2.24, 2.45) is 0 Å². The van der Waals surface area contributed by atoms with Gasteiger partial charge in [-0.25, -0.2) is 4.79 Å². The molecule has 0 atom stereocenters. The number of carbonyl (C=O) groups is 1. The molecule has 21 heavy (non-hydrogen) atoms. The van der Waals surface area contributed by atoms with E-state index in [2.05, 4.69) is 14.8 Å². The minimum absolute atomic E-state index is 0.227. The van der Waals surface area contributed by atoms with E-state index in [1.54, 1.807) is 24.8 Å². The molecule has 6 nitrogen and oxygen atoms in total. The average Bonchev–Trinajstić information content (AvgIpc) is 2.92. The molecule has 7 heteroatoms.